The molecule has 2 aliphatic rings. The number of nitrogens with zero attached hydrogens (tertiary/aromatic N) is 3. The third-order valence-electron chi connectivity index (χ3n) is 5.44. The van der Waals surface area contributed by atoms with Crippen LogP contribution in [0.3, 0.4) is 0 Å². The lowest BCUT2D eigenvalue weighted by Gasteiger charge is -2.36. The molecule has 1 N–H and O–H groups in total. The van der Waals surface area contributed by atoms with Gasteiger partial charge >= 0.3 is 0 Å². The van der Waals surface area contributed by atoms with E-state index in [4.69, 9.17) is 9.41 Å². The molecule has 1 aliphatic heterocycles. The van der Waals surface area contributed by atoms with Crippen LogP contribution in [0.5, 0.6) is 0 Å². The summed E-state index contributed by atoms with van der Waals surface area (Å²) in [6.45, 7) is 6.88. The van der Waals surface area contributed by atoms with Crippen molar-refractivity contribution in [2.24, 2.45) is 10.9 Å². The average Bonchev–Trinajstić information content (AvgIpc) is 3.38. The van der Waals surface area contributed by atoms with E-state index < -0.39 is 0 Å². The summed E-state index contributed by atoms with van der Waals surface area (Å²) >= 11 is 0. The van der Waals surface area contributed by atoms with Crippen molar-refractivity contribution in [3.63, 3.8) is 0 Å². The molecule has 0 spiro atoms. The molecule has 1 aromatic heterocycles. The molecule has 2 heterocycles. The summed E-state index contributed by atoms with van der Waals surface area (Å²) in [6, 6.07) is 3.48. The third kappa shape index (κ3) is 5.02. The van der Waals surface area contributed by atoms with Gasteiger partial charge in [-0.25, -0.2) is 0 Å². The first-order chi connectivity index (χ1) is 12.8. The van der Waals surface area contributed by atoms with Crippen LogP contribution in [0, 0.1) is 5.92 Å². The first-order valence-electron chi connectivity index (χ1n) is 10.1. The second kappa shape index (κ2) is 9.64. The summed E-state index contributed by atoms with van der Waals surface area (Å²) in [4.78, 5) is 21.3. The molecule has 0 bridgehead atoms. The van der Waals surface area contributed by atoms with Crippen LogP contribution in [0.25, 0.3) is 0 Å². The van der Waals surface area contributed by atoms with Crippen LogP contribution in [-0.2, 0) is 0 Å². The lowest BCUT2D eigenvalue weighted by molar-refractivity contribution is 0.0657. The number of furan rings is 1. The molecule has 1 saturated carbocycles. The van der Waals surface area contributed by atoms with E-state index in [-0.39, 0.29) is 5.91 Å². The Morgan fingerprint density at radius 1 is 1.23 bits per heavy atom. The highest BCUT2D eigenvalue weighted by Crippen LogP contribution is 2.28. The van der Waals surface area contributed by atoms with E-state index in [1.54, 1.807) is 18.4 Å². The maximum Gasteiger partial charge on any atom is 0.289 e. The van der Waals surface area contributed by atoms with Gasteiger partial charge in [-0.05, 0) is 37.8 Å². The lowest BCUT2D eigenvalue weighted by atomic mass is 10.0. The van der Waals surface area contributed by atoms with Crippen molar-refractivity contribution >= 4 is 11.9 Å². The van der Waals surface area contributed by atoms with E-state index in [2.05, 4.69) is 17.1 Å². The molecular weight excluding hydrogens is 328 g/mol. The third-order valence-corrected chi connectivity index (χ3v) is 5.44. The van der Waals surface area contributed by atoms with Crippen LogP contribution < -0.4 is 5.32 Å². The predicted octanol–water partition coefficient (Wildman–Crippen LogP) is 2.97. The fourth-order valence-electron chi connectivity index (χ4n) is 3.97. The Balaban J connectivity index is 1.46. The Morgan fingerprint density at radius 2 is 1.96 bits per heavy atom. The van der Waals surface area contributed by atoms with Crippen LogP contribution in [0.15, 0.2) is 27.8 Å². The van der Waals surface area contributed by atoms with Crippen molar-refractivity contribution in [3.8, 4) is 0 Å². The largest absolute Gasteiger partial charge is 0.459 e. The fraction of sp³-hybridized carbons (Fsp3) is 0.700. The van der Waals surface area contributed by atoms with E-state index >= 15 is 0 Å². The Morgan fingerprint density at radius 3 is 2.62 bits per heavy atom. The number of hydrogen-bond acceptors (Lipinski definition) is 3. The zero-order valence-corrected chi connectivity index (χ0v) is 16.0. The maximum atomic E-state index is 12.4. The lowest BCUT2D eigenvalue weighted by Crippen LogP contribution is -2.53. The summed E-state index contributed by atoms with van der Waals surface area (Å²) in [6.07, 6.45) is 9.69. The molecule has 1 amide bonds. The highest BCUT2D eigenvalue weighted by atomic mass is 16.3. The quantitative estimate of drug-likeness (QED) is 0.481. The number of carbonyl (C=O) groups is 1. The van der Waals surface area contributed by atoms with E-state index in [9.17, 15) is 4.79 Å². The van der Waals surface area contributed by atoms with Gasteiger partial charge in [0, 0.05) is 39.3 Å². The Labute approximate surface area is 156 Å². The number of amides is 1. The van der Waals surface area contributed by atoms with Gasteiger partial charge in [0.1, 0.15) is 0 Å². The van der Waals surface area contributed by atoms with E-state index in [0.29, 0.717) is 18.8 Å². The van der Waals surface area contributed by atoms with Crippen molar-refractivity contribution in [2.45, 2.75) is 45.4 Å². The van der Waals surface area contributed by atoms with Crippen molar-refractivity contribution in [1.29, 1.82) is 0 Å². The smallest absolute Gasteiger partial charge is 0.289 e. The van der Waals surface area contributed by atoms with Gasteiger partial charge in [-0.2, -0.15) is 0 Å². The van der Waals surface area contributed by atoms with Crippen LogP contribution in [0.4, 0.5) is 0 Å². The van der Waals surface area contributed by atoms with Gasteiger partial charge in [-0.3, -0.25) is 9.79 Å². The van der Waals surface area contributed by atoms with Crippen molar-refractivity contribution < 1.29 is 9.21 Å². The van der Waals surface area contributed by atoms with Crippen molar-refractivity contribution in [2.75, 3.05) is 39.3 Å². The maximum absolute atomic E-state index is 12.4. The number of aliphatic imine (C=N–C) groups is 1. The van der Waals surface area contributed by atoms with Gasteiger partial charge in [0.15, 0.2) is 11.7 Å². The number of guanidine groups is 1. The standard InChI is InChI=1S/C20H32N4O2/c1-2-21-20(22-11-5-9-17-7-3-4-8-17)24-14-12-23(13-15-24)19(25)18-10-6-16-26-18/h6,10,16-17H,2-5,7-9,11-15H2,1H3,(H,21,22). The highest BCUT2D eigenvalue weighted by Gasteiger charge is 2.25. The number of hydrogen-bond donors (Lipinski definition) is 1. The molecule has 1 aromatic rings. The highest BCUT2D eigenvalue weighted by molar-refractivity contribution is 5.91. The van der Waals surface area contributed by atoms with Crippen LogP contribution in [0.1, 0.15) is 56.0 Å². The first-order valence-corrected chi connectivity index (χ1v) is 10.1. The Bertz CT molecular complexity index is 571. The molecule has 0 unspecified atom stereocenters. The summed E-state index contributed by atoms with van der Waals surface area (Å²) in [5, 5.41) is 3.41. The molecule has 1 saturated heterocycles. The Hall–Kier alpha value is -1.98. The summed E-state index contributed by atoms with van der Waals surface area (Å²) in [7, 11) is 0. The molecule has 0 radical (unpaired) electrons. The van der Waals surface area contributed by atoms with Gasteiger partial charge in [-0.15, -0.1) is 0 Å². The molecule has 1 aliphatic carbocycles. The van der Waals surface area contributed by atoms with Gasteiger partial charge in [0.2, 0.25) is 0 Å². The van der Waals surface area contributed by atoms with Gasteiger partial charge in [0.25, 0.3) is 5.91 Å². The van der Waals surface area contributed by atoms with Crippen molar-refractivity contribution in [3.05, 3.63) is 24.2 Å². The topological polar surface area (TPSA) is 61.1 Å². The summed E-state index contributed by atoms with van der Waals surface area (Å²) in [5.41, 5.74) is 0. The predicted molar refractivity (Wildman–Crippen MR) is 103 cm³/mol. The van der Waals surface area contributed by atoms with Crippen LogP contribution in [-0.4, -0.2) is 60.9 Å². The normalized spacial score (nSPS) is 19.2. The van der Waals surface area contributed by atoms with Gasteiger partial charge < -0.3 is 19.5 Å². The zero-order chi connectivity index (χ0) is 18.2. The number of carbonyl (C=O) groups excluding carboxylic acids is 1. The van der Waals surface area contributed by atoms with Gasteiger partial charge in [0.05, 0.1) is 6.26 Å². The minimum atomic E-state index is -0.0202. The average molecular weight is 361 g/mol. The second-order valence-electron chi connectivity index (χ2n) is 7.28. The van der Waals surface area contributed by atoms with Crippen molar-refractivity contribution in [1.82, 2.24) is 15.1 Å². The summed E-state index contributed by atoms with van der Waals surface area (Å²) < 4.78 is 5.23. The minimum Gasteiger partial charge on any atom is -0.459 e. The molecule has 2 fully saturated rings. The second-order valence-corrected chi connectivity index (χ2v) is 7.28. The molecule has 6 nitrogen and oxygen atoms in total. The first kappa shape index (κ1) is 18.8. The van der Waals surface area contributed by atoms with E-state index in [1.807, 2.05) is 4.90 Å². The number of nitrogens with one attached hydrogen (secondary N) is 1. The molecule has 0 aromatic carbocycles. The molecule has 6 heteroatoms. The monoisotopic (exact) mass is 360 g/mol. The summed E-state index contributed by atoms with van der Waals surface area (Å²) in [5.74, 6) is 2.33. The Kier molecular flexibility index (Phi) is 6.97. The SMILES string of the molecule is CCNC(=NCCCC1CCCC1)N1CCN(C(=O)c2ccco2)CC1. The minimum absolute atomic E-state index is 0.0202. The van der Waals surface area contributed by atoms with Gasteiger partial charge in [-0.1, -0.05) is 25.7 Å². The molecule has 3 rings (SSSR count). The zero-order valence-electron chi connectivity index (χ0n) is 16.0. The van der Waals surface area contributed by atoms with E-state index in [1.165, 1.54) is 38.5 Å². The molecule has 26 heavy (non-hydrogen) atoms. The number of rotatable bonds is 6. The molecular formula is C20H32N4O2. The molecule has 0 atom stereocenters. The van der Waals surface area contributed by atoms with Crippen LogP contribution in [0.2, 0.25) is 0 Å². The molecule has 144 valence electrons. The number of piperazine rings is 1. The fourth-order valence-corrected chi connectivity index (χ4v) is 3.97. The van der Waals surface area contributed by atoms with E-state index in [0.717, 1.165) is 38.1 Å². The van der Waals surface area contributed by atoms with Crippen LogP contribution >= 0.6 is 0 Å².